The summed E-state index contributed by atoms with van der Waals surface area (Å²) in [5.74, 6) is -0.124. The number of carbonyl (C=O) groups is 1. The van der Waals surface area contributed by atoms with Gasteiger partial charge in [0.25, 0.3) is 5.91 Å². The lowest BCUT2D eigenvalue weighted by Crippen LogP contribution is -2.18. The van der Waals surface area contributed by atoms with E-state index in [0.29, 0.717) is 23.0 Å². The van der Waals surface area contributed by atoms with Crippen molar-refractivity contribution >= 4 is 34.4 Å². The maximum Gasteiger partial charge on any atom is 0.417 e. The molecule has 5 aromatic rings. The predicted octanol–water partition coefficient (Wildman–Crippen LogP) is 4.88. The van der Waals surface area contributed by atoms with Gasteiger partial charge in [0.15, 0.2) is 5.65 Å². The Labute approximate surface area is 208 Å². The molecule has 1 amide bonds. The van der Waals surface area contributed by atoms with Crippen LogP contribution in [0.2, 0.25) is 0 Å². The first-order chi connectivity index (χ1) is 17.8. The number of hydrogen-bond donors (Lipinski definition) is 4. The quantitative estimate of drug-likeness (QED) is 0.259. The number of benzene rings is 1. The number of rotatable bonds is 6. The average molecular weight is 504 g/mol. The maximum atomic E-state index is 13.3. The van der Waals surface area contributed by atoms with E-state index in [4.69, 9.17) is 5.73 Å². The molecule has 0 radical (unpaired) electrons. The lowest BCUT2D eigenvalue weighted by molar-refractivity contribution is -0.137. The number of anilines is 3. The van der Waals surface area contributed by atoms with E-state index in [2.05, 4.69) is 35.8 Å². The maximum absolute atomic E-state index is 13.3. The van der Waals surface area contributed by atoms with E-state index in [1.165, 1.54) is 12.3 Å². The molecule has 1 aromatic carbocycles. The van der Waals surface area contributed by atoms with E-state index >= 15 is 0 Å². The summed E-state index contributed by atoms with van der Waals surface area (Å²) in [5, 5.41) is 12.9. The lowest BCUT2D eigenvalue weighted by atomic mass is 10.0. The SMILES string of the molecule is Nc1[nH]nc2ncc(-c3ccc(CNc4ncc(C(F)(F)F)cc4C(=O)Nc4ccccn4)cc3)cc12. The molecule has 0 fully saturated rings. The summed E-state index contributed by atoms with van der Waals surface area (Å²) in [4.78, 5) is 25.0. The van der Waals surface area contributed by atoms with Crippen LogP contribution in [-0.2, 0) is 12.7 Å². The third-order valence-corrected chi connectivity index (χ3v) is 5.55. The summed E-state index contributed by atoms with van der Waals surface area (Å²) in [7, 11) is 0. The number of H-pyrrole nitrogens is 1. The molecule has 186 valence electrons. The number of nitrogens with one attached hydrogen (secondary N) is 3. The van der Waals surface area contributed by atoms with Gasteiger partial charge < -0.3 is 16.4 Å². The van der Waals surface area contributed by atoms with Gasteiger partial charge >= 0.3 is 6.18 Å². The van der Waals surface area contributed by atoms with Gasteiger partial charge in [-0.15, -0.1) is 0 Å². The van der Waals surface area contributed by atoms with Crippen LogP contribution < -0.4 is 16.4 Å². The Hall–Kier alpha value is -5.00. The standard InChI is InChI=1S/C25H19F3N8O/c26-25(27,28)17-10-19(24(37)34-20-3-1-2-8-30-20)22(33-13-17)31-11-14-4-6-15(7-5-14)16-9-18-21(29)35-36-23(18)32-12-16/h1-10,12-13H,11H2,(H,31,33)(H,30,34,37)(H3,29,32,35,36). The van der Waals surface area contributed by atoms with Gasteiger partial charge in [-0.1, -0.05) is 30.3 Å². The first-order valence-electron chi connectivity index (χ1n) is 11.0. The number of aromatic nitrogens is 5. The molecular formula is C25H19F3N8O. The minimum atomic E-state index is -4.65. The number of amides is 1. The molecule has 12 heteroatoms. The summed E-state index contributed by atoms with van der Waals surface area (Å²) < 4.78 is 39.9. The highest BCUT2D eigenvalue weighted by molar-refractivity contribution is 6.07. The van der Waals surface area contributed by atoms with Crippen molar-refractivity contribution in [2.75, 3.05) is 16.4 Å². The van der Waals surface area contributed by atoms with Gasteiger partial charge in [0.1, 0.15) is 17.5 Å². The Morgan fingerprint density at radius 2 is 1.78 bits per heavy atom. The van der Waals surface area contributed by atoms with Gasteiger partial charge in [0.05, 0.1) is 16.5 Å². The summed E-state index contributed by atoms with van der Waals surface area (Å²) in [5.41, 5.74) is 7.68. The number of hydrogen-bond acceptors (Lipinski definition) is 7. The average Bonchev–Trinajstić information content (AvgIpc) is 3.27. The normalized spacial score (nSPS) is 11.4. The molecule has 0 saturated carbocycles. The third-order valence-electron chi connectivity index (χ3n) is 5.55. The molecule has 4 aromatic heterocycles. The van der Waals surface area contributed by atoms with Crippen molar-refractivity contribution in [1.82, 2.24) is 25.1 Å². The van der Waals surface area contributed by atoms with Gasteiger partial charge in [-0.3, -0.25) is 9.89 Å². The Morgan fingerprint density at radius 3 is 2.51 bits per heavy atom. The van der Waals surface area contributed by atoms with Gasteiger partial charge in [0.2, 0.25) is 0 Å². The van der Waals surface area contributed by atoms with E-state index in [0.717, 1.165) is 22.8 Å². The van der Waals surface area contributed by atoms with Crippen LogP contribution >= 0.6 is 0 Å². The van der Waals surface area contributed by atoms with Crippen molar-refractivity contribution in [3.8, 4) is 11.1 Å². The molecule has 0 saturated heterocycles. The highest BCUT2D eigenvalue weighted by Gasteiger charge is 2.32. The van der Waals surface area contributed by atoms with Gasteiger partial charge in [0, 0.05) is 30.7 Å². The fourth-order valence-corrected chi connectivity index (χ4v) is 3.63. The highest BCUT2D eigenvalue weighted by Crippen LogP contribution is 2.31. The Bertz CT molecular complexity index is 1570. The fraction of sp³-hybridized carbons (Fsp3) is 0.0800. The summed E-state index contributed by atoms with van der Waals surface area (Å²) in [6.45, 7) is 0.217. The van der Waals surface area contributed by atoms with Crippen LogP contribution in [0.3, 0.4) is 0 Å². The zero-order valence-corrected chi connectivity index (χ0v) is 19.0. The van der Waals surface area contributed by atoms with Crippen molar-refractivity contribution in [3.63, 3.8) is 0 Å². The van der Waals surface area contributed by atoms with Crippen LogP contribution in [0.15, 0.2) is 73.2 Å². The molecule has 37 heavy (non-hydrogen) atoms. The van der Waals surface area contributed by atoms with Crippen LogP contribution in [0.25, 0.3) is 22.2 Å². The molecule has 0 aliphatic rings. The zero-order chi connectivity index (χ0) is 26.0. The molecule has 0 unspecified atom stereocenters. The number of halogens is 3. The highest BCUT2D eigenvalue weighted by atomic mass is 19.4. The van der Waals surface area contributed by atoms with Crippen LogP contribution in [0, 0.1) is 0 Å². The van der Waals surface area contributed by atoms with Gasteiger partial charge in [-0.05, 0) is 35.4 Å². The van der Waals surface area contributed by atoms with Crippen molar-refractivity contribution in [2.45, 2.75) is 12.7 Å². The van der Waals surface area contributed by atoms with E-state index in [9.17, 15) is 18.0 Å². The van der Waals surface area contributed by atoms with Gasteiger partial charge in [-0.25, -0.2) is 15.0 Å². The largest absolute Gasteiger partial charge is 0.417 e. The van der Waals surface area contributed by atoms with Crippen LogP contribution in [0.4, 0.5) is 30.6 Å². The number of nitrogens with zero attached hydrogens (tertiary/aromatic N) is 4. The summed E-state index contributed by atoms with van der Waals surface area (Å²) >= 11 is 0. The van der Waals surface area contributed by atoms with E-state index in [-0.39, 0.29) is 23.7 Å². The number of nitrogen functional groups attached to an aromatic ring is 1. The molecule has 5 rings (SSSR count). The number of aromatic amines is 1. The van der Waals surface area contributed by atoms with E-state index in [1.54, 1.807) is 18.3 Å². The monoisotopic (exact) mass is 504 g/mol. The number of pyridine rings is 3. The minimum Gasteiger partial charge on any atom is -0.384 e. The Morgan fingerprint density at radius 1 is 0.973 bits per heavy atom. The van der Waals surface area contributed by atoms with Crippen LogP contribution in [0.1, 0.15) is 21.5 Å². The van der Waals surface area contributed by atoms with Crippen LogP contribution in [0.5, 0.6) is 0 Å². The number of fused-ring (bicyclic) bond motifs is 1. The van der Waals surface area contributed by atoms with Crippen molar-refractivity contribution in [1.29, 1.82) is 0 Å². The smallest absolute Gasteiger partial charge is 0.384 e. The second-order valence-electron chi connectivity index (χ2n) is 8.07. The summed E-state index contributed by atoms with van der Waals surface area (Å²) in [6, 6.07) is 14.9. The second kappa shape index (κ2) is 9.57. The van der Waals surface area contributed by atoms with Crippen molar-refractivity contribution < 1.29 is 18.0 Å². The zero-order valence-electron chi connectivity index (χ0n) is 19.0. The predicted molar refractivity (Wildman–Crippen MR) is 132 cm³/mol. The molecule has 9 nitrogen and oxygen atoms in total. The first-order valence-corrected chi connectivity index (χ1v) is 11.0. The molecule has 5 N–H and O–H groups in total. The molecular weight excluding hydrogens is 485 g/mol. The van der Waals surface area contributed by atoms with E-state index in [1.807, 2.05) is 30.3 Å². The molecule has 4 heterocycles. The van der Waals surface area contributed by atoms with Gasteiger partial charge in [-0.2, -0.15) is 18.3 Å². The van der Waals surface area contributed by atoms with Crippen LogP contribution in [-0.4, -0.2) is 31.1 Å². The molecule has 0 spiro atoms. The van der Waals surface area contributed by atoms with Crippen molar-refractivity contribution in [2.24, 2.45) is 0 Å². The second-order valence-corrected chi connectivity index (χ2v) is 8.07. The third kappa shape index (κ3) is 5.17. The minimum absolute atomic E-state index is 0.00981. The fourth-order valence-electron chi connectivity index (χ4n) is 3.63. The molecule has 0 aliphatic heterocycles. The molecule has 0 atom stereocenters. The molecule has 0 bridgehead atoms. The Kier molecular flexibility index (Phi) is 6.14. The number of carbonyl (C=O) groups excluding carboxylic acids is 1. The van der Waals surface area contributed by atoms with Crippen molar-refractivity contribution in [3.05, 3.63) is 89.9 Å². The topological polar surface area (TPSA) is 134 Å². The summed E-state index contributed by atoms with van der Waals surface area (Å²) in [6.07, 6.45) is -0.816. The lowest BCUT2D eigenvalue weighted by Gasteiger charge is -2.14. The number of nitrogens with two attached hydrogens (primary N) is 1. The number of alkyl halides is 3. The molecule has 0 aliphatic carbocycles. The first kappa shape index (κ1) is 23.7. The van der Waals surface area contributed by atoms with E-state index < -0.39 is 17.6 Å². The Balaban J connectivity index is 1.35.